The van der Waals surface area contributed by atoms with Gasteiger partial charge in [0.2, 0.25) is 0 Å². The van der Waals surface area contributed by atoms with Gasteiger partial charge in [-0.2, -0.15) is 0 Å². The molecule has 4 nitrogen and oxygen atoms in total. The van der Waals surface area contributed by atoms with Crippen LogP contribution in [0.3, 0.4) is 0 Å². The molecule has 2 saturated heterocycles. The van der Waals surface area contributed by atoms with Gasteiger partial charge in [-0.05, 0) is 25.3 Å². The average Bonchev–Trinajstić information content (AvgIpc) is 2.04. The van der Waals surface area contributed by atoms with Crippen molar-refractivity contribution in [2.75, 3.05) is 39.8 Å². The van der Waals surface area contributed by atoms with E-state index in [1.165, 1.54) is 19.6 Å². The molecule has 0 spiro atoms. The van der Waals surface area contributed by atoms with Crippen LogP contribution in [0.25, 0.3) is 0 Å². The number of carboxylic acids is 1. The lowest BCUT2D eigenvalue weighted by atomic mass is 9.91. The summed E-state index contributed by atoms with van der Waals surface area (Å²) in [4.78, 5) is 15.2. The third-order valence-corrected chi connectivity index (χ3v) is 3.46. The van der Waals surface area contributed by atoms with E-state index in [4.69, 9.17) is 5.11 Å². The molecule has 0 radical (unpaired) electrons. The lowest BCUT2D eigenvalue weighted by Gasteiger charge is -2.45. The van der Waals surface area contributed by atoms with Crippen molar-refractivity contribution in [3.05, 3.63) is 0 Å². The van der Waals surface area contributed by atoms with Gasteiger partial charge in [0, 0.05) is 39.1 Å². The summed E-state index contributed by atoms with van der Waals surface area (Å²) in [6, 6.07) is 0. The van der Waals surface area contributed by atoms with Crippen LogP contribution < -0.4 is 0 Å². The zero-order valence-electron chi connectivity index (χ0n) is 9.35. The van der Waals surface area contributed by atoms with Crippen molar-refractivity contribution in [3.63, 3.8) is 0 Å². The number of carbonyl (C=O) groups is 1. The quantitative estimate of drug-likeness (QED) is 0.714. The summed E-state index contributed by atoms with van der Waals surface area (Å²) in [7, 11) is 2.16. The number of aliphatic carboxylic acids is 1. The van der Waals surface area contributed by atoms with E-state index in [2.05, 4.69) is 16.8 Å². The van der Waals surface area contributed by atoms with E-state index in [9.17, 15) is 4.79 Å². The Bertz CT molecular complexity index is 233. The summed E-state index contributed by atoms with van der Waals surface area (Å²) in [5, 5.41) is 8.55. The largest absolute Gasteiger partial charge is 0.481 e. The molecule has 0 aliphatic carbocycles. The molecule has 86 valence electrons. The highest BCUT2D eigenvalue weighted by Gasteiger charge is 2.31. The molecule has 0 unspecified atom stereocenters. The Morgan fingerprint density at radius 2 is 1.93 bits per heavy atom. The first-order valence-electron chi connectivity index (χ1n) is 5.76. The van der Waals surface area contributed by atoms with E-state index in [0.29, 0.717) is 12.3 Å². The lowest BCUT2D eigenvalue weighted by molar-refractivity contribution is -0.137. The van der Waals surface area contributed by atoms with Crippen molar-refractivity contribution in [1.82, 2.24) is 9.80 Å². The maximum absolute atomic E-state index is 10.4. The fourth-order valence-electron chi connectivity index (χ4n) is 2.64. The van der Waals surface area contributed by atoms with Crippen LogP contribution in [0, 0.1) is 11.8 Å². The van der Waals surface area contributed by atoms with Gasteiger partial charge in [0.1, 0.15) is 0 Å². The first-order valence-corrected chi connectivity index (χ1v) is 5.76. The van der Waals surface area contributed by atoms with Crippen molar-refractivity contribution in [1.29, 1.82) is 0 Å². The molecule has 1 N–H and O–H groups in total. The summed E-state index contributed by atoms with van der Waals surface area (Å²) in [6.45, 7) is 5.92. The molecule has 4 heteroatoms. The predicted octanol–water partition coefficient (Wildman–Crippen LogP) is 0.345. The van der Waals surface area contributed by atoms with Crippen LogP contribution >= 0.6 is 0 Å². The Morgan fingerprint density at radius 3 is 2.47 bits per heavy atom. The monoisotopic (exact) mass is 212 g/mol. The molecule has 2 heterocycles. The Hall–Kier alpha value is -0.610. The molecule has 0 amide bonds. The van der Waals surface area contributed by atoms with E-state index < -0.39 is 5.97 Å². The van der Waals surface area contributed by atoms with Gasteiger partial charge in [0.15, 0.2) is 0 Å². The summed E-state index contributed by atoms with van der Waals surface area (Å²) in [5.74, 6) is 0.836. The van der Waals surface area contributed by atoms with E-state index >= 15 is 0 Å². The van der Waals surface area contributed by atoms with E-state index in [0.717, 1.165) is 25.4 Å². The normalized spacial score (nSPS) is 24.9. The Balaban J connectivity index is 1.52. The summed E-state index contributed by atoms with van der Waals surface area (Å²) in [6.07, 6.45) is 1.20. The number of rotatable bonds is 5. The number of carboxylic acid groups (broad SMARTS) is 1. The van der Waals surface area contributed by atoms with E-state index in [1.54, 1.807) is 0 Å². The lowest BCUT2D eigenvalue weighted by Crippen LogP contribution is -2.55. The molecule has 2 fully saturated rings. The minimum Gasteiger partial charge on any atom is -0.481 e. The minimum absolute atomic E-state index is 0.338. The molecule has 0 aromatic carbocycles. The van der Waals surface area contributed by atoms with Gasteiger partial charge < -0.3 is 14.9 Å². The van der Waals surface area contributed by atoms with Crippen molar-refractivity contribution < 1.29 is 9.90 Å². The average molecular weight is 212 g/mol. The Labute approximate surface area is 90.9 Å². The van der Waals surface area contributed by atoms with Gasteiger partial charge >= 0.3 is 5.97 Å². The van der Waals surface area contributed by atoms with Gasteiger partial charge in [-0.1, -0.05) is 0 Å². The van der Waals surface area contributed by atoms with Gasteiger partial charge in [-0.25, -0.2) is 0 Å². The van der Waals surface area contributed by atoms with Gasteiger partial charge in [0.05, 0.1) is 0 Å². The Kier molecular flexibility index (Phi) is 3.26. The third kappa shape index (κ3) is 2.92. The second-order valence-electron chi connectivity index (χ2n) is 5.10. The first-order chi connectivity index (χ1) is 7.13. The van der Waals surface area contributed by atoms with E-state index in [-0.39, 0.29) is 0 Å². The highest BCUT2D eigenvalue weighted by Crippen LogP contribution is 2.24. The van der Waals surface area contributed by atoms with Crippen molar-refractivity contribution in [2.45, 2.75) is 12.8 Å². The van der Waals surface area contributed by atoms with E-state index in [1.807, 2.05) is 0 Å². The molecule has 0 aromatic rings. The van der Waals surface area contributed by atoms with Crippen LogP contribution in [-0.4, -0.2) is 60.6 Å². The highest BCUT2D eigenvalue weighted by molar-refractivity contribution is 5.66. The number of likely N-dealkylation sites (tertiary alicyclic amines) is 2. The van der Waals surface area contributed by atoms with Crippen molar-refractivity contribution >= 4 is 5.97 Å². The van der Waals surface area contributed by atoms with Gasteiger partial charge in [-0.3, -0.25) is 4.79 Å². The molecule has 15 heavy (non-hydrogen) atoms. The number of hydrogen-bond donors (Lipinski definition) is 1. The van der Waals surface area contributed by atoms with Crippen LogP contribution in [0.5, 0.6) is 0 Å². The summed E-state index contributed by atoms with van der Waals surface area (Å²) >= 11 is 0. The topological polar surface area (TPSA) is 43.8 Å². The molecule has 2 aliphatic heterocycles. The molecule has 0 atom stereocenters. The maximum atomic E-state index is 10.4. The number of nitrogens with zero attached hydrogens (tertiary/aromatic N) is 2. The standard InChI is InChI=1S/C11H20N2O2/c1-12-4-10(5-12)8-13-6-9(7-13)2-3-11(14)15/h9-10H,2-8H2,1H3,(H,14,15). The molecular formula is C11H20N2O2. The van der Waals surface area contributed by atoms with Crippen molar-refractivity contribution in [3.8, 4) is 0 Å². The predicted molar refractivity (Wildman–Crippen MR) is 57.8 cm³/mol. The number of hydrogen-bond acceptors (Lipinski definition) is 3. The molecule has 0 bridgehead atoms. The van der Waals surface area contributed by atoms with Crippen LogP contribution in [0.2, 0.25) is 0 Å². The van der Waals surface area contributed by atoms with Crippen LogP contribution in [-0.2, 0) is 4.79 Å². The molecule has 0 aromatic heterocycles. The fourth-order valence-corrected chi connectivity index (χ4v) is 2.64. The zero-order chi connectivity index (χ0) is 10.8. The maximum Gasteiger partial charge on any atom is 0.303 e. The third-order valence-electron chi connectivity index (χ3n) is 3.46. The molecular weight excluding hydrogens is 192 g/mol. The summed E-state index contributed by atoms with van der Waals surface area (Å²) in [5.41, 5.74) is 0. The Morgan fingerprint density at radius 1 is 1.27 bits per heavy atom. The van der Waals surface area contributed by atoms with Gasteiger partial charge in [0.25, 0.3) is 0 Å². The molecule has 2 aliphatic rings. The van der Waals surface area contributed by atoms with Gasteiger partial charge in [-0.15, -0.1) is 0 Å². The van der Waals surface area contributed by atoms with Crippen LogP contribution in [0.1, 0.15) is 12.8 Å². The summed E-state index contributed by atoms with van der Waals surface area (Å²) < 4.78 is 0. The second-order valence-corrected chi connectivity index (χ2v) is 5.10. The van der Waals surface area contributed by atoms with Crippen LogP contribution in [0.4, 0.5) is 0 Å². The van der Waals surface area contributed by atoms with Crippen molar-refractivity contribution in [2.24, 2.45) is 11.8 Å². The first kappa shape index (κ1) is 10.9. The van der Waals surface area contributed by atoms with Crippen LogP contribution in [0.15, 0.2) is 0 Å². The fraction of sp³-hybridized carbons (Fsp3) is 0.909. The highest BCUT2D eigenvalue weighted by atomic mass is 16.4. The molecule has 2 rings (SSSR count). The second kappa shape index (κ2) is 4.49. The SMILES string of the molecule is CN1CC(CN2CC(CCC(=O)O)C2)C1. The zero-order valence-corrected chi connectivity index (χ0v) is 9.35. The minimum atomic E-state index is -0.658. The molecule has 0 saturated carbocycles. The smallest absolute Gasteiger partial charge is 0.303 e.